The molecule has 1 aromatic carbocycles. The molecule has 1 amide bonds. The van der Waals surface area contributed by atoms with E-state index in [1.54, 1.807) is 23.1 Å². The van der Waals surface area contributed by atoms with Crippen molar-refractivity contribution < 1.29 is 19.1 Å². The van der Waals surface area contributed by atoms with Crippen molar-refractivity contribution in [1.29, 1.82) is 0 Å². The Morgan fingerprint density at radius 3 is 2.43 bits per heavy atom. The molecule has 0 radical (unpaired) electrons. The van der Waals surface area contributed by atoms with Crippen LogP contribution in [0.4, 0.5) is 0 Å². The molecule has 1 aromatic rings. The maximum Gasteiger partial charge on any atom is 0.307 e. The zero-order valence-corrected chi connectivity index (χ0v) is 13.4. The van der Waals surface area contributed by atoms with Gasteiger partial charge in [0.25, 0.3) is 5.91 Å². The van der Waals surface area contributed by atoms with Gasteiger partial charge in [0.1, 0.15) is 5.75 Å². The van der Waals surface area contributed by atoms with Crippen molar-refractivity contribution in [3.8, 4) is 5.75 Å². The monoisotopic (exact) mass is 313 g/mol. The lowest BCUT2D eigenvalue weighted by molar-refractivity contribution is -0.140. The summed E-state index contributed by atoms with van der Waals surface area (Å²) >= 11 is 5.98. The first-order valence-electron chi connectivity index (χ1n) is 6.61. The van der Waals surface area contributed by atoms with Gasteiger partial charge in [0.2, 0.25) is 0 Å². The minimum atomic E-state index is -0.350. The van der Waals surface area contributed by atoms with E-state index in [1.807, 2.05) is 13.8 Å². The van der Waals surface area contributed by atoms with E-state index in [0.717, 1.165) is 0 Å². The zero-order valence-electron chi connectivity index (χ0n) is 12.7. The van der Waals surface area contributed by atoms with Crippen LogP contribution in [0.15, 0.2) is 18.2 Å². The van der Waals surface area contributed by atoms with E-state index in [-0.39, 0.29) is 30.9 Å². The highest BCUT2D eigenvalue weighted by molar-refractivity contribution is 6.31. The van der Waals surface area contributed by atoms with Gasteiger partial charge in [-0.15, -0.1) is 0 Å². The Hall–Kier alpha value is -1.75. The fourth-order valence-corrected chi connectivity index (χ4v) is 2.10. The van der Waals surface area contributed by atoms with Crippen molar-refractivity contribution in [2.45, 2.75) is 26.3 Å². The average molecular weight is 314 g/mol. The maximum absolute atomic E-state index is 12.6. The van der Waals surface area contributed by atoms with E-state index in [1.165, 1.54) is 14.2 Å². The Morgan fingerprint density at radius 1 is 1.24 bits per heavy atom. The lowest BCUT2D eigenvalue weighted by atomic mass is 10.1. The van der Waals surface area contributed by atoms with Crippen LogP contribution in [0.5, 0.6) is 5.75 Å². The number of hydrogen-bond donors (Lipinski definition) is 0. The van der Waals surface area contributed by atoms with Crippen LogP contribution in [0, 0.1) is 0 Å². The van der Waals surface area contributed by atoms with E-state index >= 15 is 0 Å². The predicted molar refractivity (Wildman–Crippen MR) is 80.8 cm³/mol. The summed E-state index contributed by atoms with van der Waals surface area (Å²) in [5.41, 5.74) is 0.429. The smallest absolute Gasteiger partial charge is 0.307 e. The third kappa shape index (κ3) is 4.93. The number of methoxy groups -OCH3 is 2. The van der Waals surface area contributed by atoms with Crippen molar-refractivity contribution in [3.63, 3.8) is 0 Å². The number of ether oxygens (including phenoxy) is 2. The van der Waals surface area contributed by atoms with E-state index in [2.05, 4.69) is 4.74 Å². The zero-order chi connectivity index (χ0) is 16.0. The van der Waals surface area contributed by atoms with Gasteiger partial charge in [-0.05, 0) is 32.0 Å². The average Bonchev–Trinajstić information content (AvgIpc) is 2.45. The van der Waals surface area contributed by atoms with E-state index < -0.39 is 0 Å². The molecule has 0 heterocycles. The Balaban J connectivity index is 2.95. The third-order valence-electron chi connectivity index (χ3n) is 3.02. The minimum absolute atomic E-state index is 0.0490. The van der Waals surface area contributed by atoms with Crippen LogP contribution >= 0.6 is 11.6 Å². The highest BCUT2D eigenvalue weighted by atomic mass is 35.5. The van der Waals surface area contributed by atoms with Gasteiger partial charge >= 0.3 is 5.97 Å². The molecule has 5 nitrogen and oxygen atoms in total. The number of esters is 1. The molecule has 0 aliphatic rings. The largest absolute Gasteiger partial charge is 0.497 e. The van der Waals surface area contributed by atoms with E-state index in [9.17, 15) is 9.59 Å². The van der Waals surface area contributed by atoms with Crippen LogP contribution in [0.1, 0.15) is 30.6 Å². The normalized spacial score (nSPS) is 10.4. The first kappa shape index (κ1) is 17.3. The number of halogens is 1. The molecular formula is C15H20ClNO4. The van der Waals surface area contributed by atoms with Crippen LogP contribution in [0.25, 0.3) is 0 Å². The number of carbonyl (C=O) groups is 2. The highest BCUT2D eigenvalue weighted by Gasteiger charge is 2.20. The summed E-state index contributed by atoms with van der Waals surface area (Å²) < 4.78 is 9.72. The van der Waals surface area contributed by atoms with Crippen molar-refractivity contribution in [2.75, 3.05) is 20.8 Å². The van der Waals surface area contributed by atoms with Gasteiger partial charge in [-0.2, -0.15) is 0 Å². The van der Waals surface area contributed by atoms with Crippen molar-refractivity contribution in [3.05, 3.63) is 28.8 Å². The van der Waals surface area contributed by atoms with Gasteiger partial charge in [0.15, 0.2) is 0 Å². The standard InChI is InChI=1S/C15H20ClNO4/c1-10(2)17(6-5-14(18)21-4)15(19)11-7-12(16)9-13(8-11)20-3/h7-10H,5-6H2,1-4H3. The lowest BCUT2D eigenvalue weighted by Gasteiger charge is -2.26. The first-order valence-corrected chi connectivity index (χ1v) is 6.99. The molecule has 1 rings (SSSR count). The molecule has 0 unspecified atom stereocenters. The molecule has 0 fully saturated rings. The topological polar surface area (TPSA) is 55.8 Å². The third-order valence-corrected chi connectivity index (χ3v) is 3.24. The molecule has 116 valence electrons. The number of hydrogen-bond acceptors (Lipinski definition) is 4. The molecule has 0 bridgehead atoms. The SMILES string of the molecule is COC(=O)CCN(C(=O)c1cc(Cl)cc(OC)c1)C(C)C. The van der Waals surface area contributed by atoms with Crippen molar-refractivity contribution in [2.24, 2.45) is 0 Å². The number of nitrogens with zero attached hydrogens (tertiary/aromatic N) is 1. The van der Waals surface area contributed by atoms with Gasteiger partial charge in [0, 0.05) is 23.2 Å². The summed E-state index contributed by atoms with van der Waals surface area (Å²) in [6.07, 6.45) is 0.151. The first-order chi connectivity index (χ1) is 9.88. The van der Waals surface area contributed by atoms with E-state index in [4.69, 9.17) is 16.3 Å². The fourth-order valence-electron chi connectivity index (χ4n) is 1.88. The molecule has 0 N–H and O–H groups in total. The quantitative estimate of drug-likeness (QED) is 0.758. The molecule has 0 spiro atoms. The molecule has 6 heteroatoms. The van der Waals surface area contributed by atoms with Gasteiger partial charge in [0.05, 0.1) is 20.6 Å². The highest BCUT2D eigenvalue weighted by Crippen LogP contribution is 2.22. The van der Waals surface area contributed by atoms with Crippen molar-refractivity contribution >= 4 is 23.5 Å². The summed E-state index contributed by atoms with van der Waals surface area (Å²) in [4.78, 5) is 25.4. The molecule has 21 heavy (non-hydrogen) atoms. The van der Waals surface area contributed by atoms with E-state index in [0.29, 0.717) is 16.3 Å². The molecule has 0 aliphatic carbocycles. The lowest BCUT2D eigenvalue weighted by Crippen LogP contribution is -2.38. The number of amides is 1. The fraction of sp³-hybridized carbons (Fsp3) is 0.467. The van der Waals surface area contributed by atoms with Crippen LogP contribution in [-0.2, 0) is 9.53 Å². The Labute approximate surface area is 129 Å². The molecular weight excluding hydrogens is 294 g/mol. The van der Waals surface area contributed by atoms with Crippen molar-refractivity contribution in [1.82, 2.24) is 4.90 Å². The summed E-state index contributed by atoms with van der Waals surface area (Å²) in [7, 11) is 2.84. The molecule has 0 atom stereocenters. The van der Waals surface area contributed by atoms with Crippen LogP contribution in [-0.4, -0.2) is 43.6 Å². The van der Waals surface area contributed by atoms with Crippen LogP contribution < -0.4 is 4.74 Å². The second-order valence-corrected chi connectivity index (χ2v) is 5.23. The van der Waals surface area contributed by atoms with Gasteiger partial charge in [-0.3, -0.25) is 9.59 Å². The number of benzene rings is 1. The van der Waals surface area contributed by atoms with Gasteiger partial charge in [-0.25, -0.2) is 0 Å². The van der Waals surface area contributed by atoms with Crippen LogP contribution in [0.3, 0.4) is 0 Å². The Morgan fingerprint density at radius 2 is 1.90 bits per heavy atom. The molecule has 0 saturated heterocycles. The Bertz CT molecular complexity index is 516. The summed E-state index contributed by atoms with van der Waals surface area (Å²) in [6, 6.07) is 4.79. The number of carbonyl (C=O) groups excluding carboxylic acids is 2. The maximum atomic E-state index is 12.6. The molecule has 0 aromatic heterocycles. The molecule has 0 saturated carbocycles. The Kier molecular flexibility index (Phi) is 6.49. The molecule has 0 aliphatic heterocycles. The summed E-state index contributed by atoms with van der Waals surface area (Å²) in [5, 5.41) is 0.425. The number of rotatable bonds is 6. The van der Waals surface area contributed by atoms with Gasteiger partial charge in [-0.1, -0.05) is 11.6 Å². The second kappa shape index (κ2) is 7.88. The minimum Gasteiger partial charge on any atom is -0.497 e. The summed E-state index contributed by atoms with van der Waals surface area (Å²) in [6.45, 7) is 4.06. The van der Waals surface area contributed by atoms with Crippen LogP contribution in [0.2, 0.25) is 5.02 Å². The predicted octanol–water partition coefficient (Wildman–Crippen LogP) is 2.76. The second-order valence-electron chi connectivity index (χ2n) is 4.80. The summed E-state index contributed by atoms with van der Waals surface area (Å²) in [5.74, 6) is -0.0330. The van der Waals surface area contributed by atoms with Gasteiger partial charge < -0.3 is 14.4 Å².